The highest BCUT2D eigenvalue weighted by Crippen LogP contribution is 2.26. The summed E-state index contributed by atoms with van der Waals surface area (Å²) >= 11 is 3.06. The van der Waals surface area contributed by atoms with Crippen LogP contribution in [0.4, 0.5) is 4.39 Å². The minimum Gasteiger partial charge on any atom is -0.480 e. The number of halogens is 2. The van der Waals surface area contributed by atoms with E-state index in [-0.39, 0.29) is 10.5 Å². The lowest BCUT2D eigenvalue weighted by Gasteiger charge is -2.29. The van der Waals surface area contributed by atoms with Crippen molar-refractivity contribution in [3.8, 4) is 0 Å². The Morgan fingerprint density at radius 1 is 1.53 bits per heavy atom. The number of carbonyl (C=O) groups is 1. The van der Waals surface area contributed by atoms with E-state index in [1.165, 1.54) is 18.2 Å². The van der Waals surface area contributed by atoms with E-state index in [4.69, 9.17) is 0 Å². The molecule has 0 saturated carbocycles. The molecular formula is C12H15BrFNO2. The fourth-order valence-corrected chi connectivity index (χ4v) is 2.03. The predicted molar refractivity (Wildman–Crippen MR) is 67.4 cm³/mol. The van der Waals surface area contributed by atoms with Crippen LogP contribution in [0.1, 0.15) is 26.3 Å². The van der Waals surface area contributed by atoms with Crippen LogP contribution < -0.4 is 5.32 Å². The second-order valence-electron chi connectivity index (χ2n) is 4.36. The molecule has 1 aromatic rings. The number of carboxylic acids is 1. The van der Waals surface area contributed by atoms with Crippen LogP contribution in [0.15, 0.2) is 22.7 Å². The van der Waals surface area contributed by atoms with Crippen molar-refractivity contribution in [2.24, 2.45) is 0 Å². The van der Waals surface area contributed by atoms with Gasteiger partial charge in [-0.15, -0.1) is 0 Å². The first-order valence-corrected chi connectivity index (χ1v) is 6.03. The van der Waals surface area contributed by atoms with Crippen LogP contribution in [0.5, 0.6) is 0 Å². The summed E-state index contributed by atoms with van der Waals surface area (Å²) in [6.45, 7) is 5.29. The molecule has 0 aliphatic heterocycles. The van der Waals surface area contributed by atoms with Gasteiger partial charge in [-0.1, -0.05) is 6.07 Å². The average molecular weight is 304 g/mol. The molecule has 0 aliphatic rings. The van der Waals surface area contributed by atoms with Crippen LogP contribution in [0.2, 0.25) is 0 Å². The number of carboxylic acid groups (broad SMARTS) is 1. The van der Waals surface area contributed by atoms with Crippen LogP contribution in [0.25, 0.3) is 0 Å². The Hall–Kier alpha value is -0.940. The molecule has 0 heterocycles. The zero-order chi connectivity index (χ0) is 13.2. The van der Waals surface area contributed by atoms with Gasteiger partial charge in [0.2, 0.25) is 0 Å². The Kier molecular flexibility index (Phi) is 4.27. The van der Waals surface area contributed by atoms with Gasteiger partial charge in [-0.25, -0.2) is 9.18 Å². The van der Waals surface area contributed by atoms with Gasteiger partial charge < -0.3 is 5.11 Å². The largest absolute Gasteiger partial charge is 0.480 e. The molecule has 5 heteroatoms. The molecule has 94 valence electrons. The molecule has 1 rings (SSSR count). The smallest absolute Gasteiger partial charge is 0.328 e. The van der Waals surface area contributed by atoms with Crippen LogP contribution in [0.3, 0.4) is 0 Å². The predicted octanol–water partition coefficient (Wildman–Crippen LogP) is 2.89. The molecule has 1 unspecified atom stereocenters. The molecule has 1 aromatic carbocycles. The van der Waals surface area contributed by atoms with Crippen molar-refractivity contribution in [3.63, 3.8) is 0 Å². The van der Waals surface area contributed by atoms with Gasteiger partial charge >= 0.3 is 5.97 Å². The Labute approximate surface area is 108 Å². The quantitative estimate of drug-likeness (QED) is 0.899. The molecule has 0 spiro atoms. The Bertz CT molecular complexity index is 437. The summed E-state index contributed by atoms with van der Waals surface area (Å²) in [5.41, 5.74) is -0.725. The number of hydrogen-bond acceptors (Lipinski definition) is 2. The topological polar surface area (TPSA) is 49.3 Å². The molecule has 2 N–H and O–H groups in total. The van der Waals surface area contributed by atoms with E-state index in [1.807, 2.05) is 13.8 Å². The highest BCUT2D eigenvalue weighted by Gasteiger charge is 2.35. The molecule has 0 fully saturated rings. The van der Waals surface area contributed by atoms with Gasteiger partial charge in [-0.05, 0) is 54.4 Å². The van der Waals surface area contributed by atoms with E-state index in [2.05, 4.69) is 21.2 Å². The van der Waals surface area contributed by atoms with E-state index in [1.54, 1.807) is 6.92 Å². The van der Waals surface area contributed by atoms with Crippen LogP contribution in [0, 0.1) is 5.82 Å². The molecule has 0 saturated heterocycles. The second kappa shape index (κ2) is 5.14. The minimum atomic E-state index is -1.23. The molecule has 0 bridgehead atoms. The minimum absolute atomic E-state index is 0.0000661. The monoisotopic (exact) mass is 303 g/mol. The van der Waals surface area contributed by atoms with Crippen molar-refractivity contribution < 1.29 is 14.3 Å². The molecular weight excluding hydrogens is 289 g/mol. The molecule has 0 radical (unpaired) electrons. The number of rotatable bonds is 4. The Balaban J connectivity index is 3.22. The fraction of sp³-hybridized carbons (Fsp3) is 0.417. The standard InChI is InChI=1S/C12H15BrFNO2/c1-7(2)15-12(3,11(16)17)8-4-5-10(14)9(13)6-8/h4-7,15H,1-3H3,(H,16,17). The molecule has 0 aromatic heterocycles. The van der Waals surface area contributed by atoms with E-state index in [0.29, 0.717) is 5.56 Å². The van der Waals surface area contributed by atoms with Gasteiger partial charge in [0.1, 0.15) is 11.4 Å². The number of aliphatic carboxylic acids is 1. The van der Waals surface area contributed by atoms with E-state index in [0.717, 1.165) is 0 Å². The average Bonchev–Trinajstić information content (AvgIpc) is 2.20. The zero-order valence-electron chi connectivity index (χ0n) is 9.92. The lowest BCUT2D eigenvalue weighted by molar-refractivity contribution is -0.144. The molecule has 1 atom stereocenters. The van der Waals surface area contributed by atoms with Gasteiger partial charge in [0, 0.05) is 6.04 Å². The van der Waals surface area contributed by atoms with Crippen LogP contribution in [-0.4, -0.2) is 17.1 Å². The SMILES string of the molecule is CC(C)NC(C)(C(=O)O)c1ccc(F)c(Br)c1. The first kappa shape index (κ1) is 14.1. The fourth-order valence-electron chi connectivity index (χ4n) is 1.65. The van der Waals surface area contributed by atoms with E-state index >= 15 is 0 Å². The number of hydrogen-bond donors (Lipinski definition) is 2. The summed E-state index contributed by atoms with van der Waals surface area (Å²) in [5, 5.41) is 12.3. The van der Waals surface area contributed by atoms with Gasteiger partial charge in [0.15, 0.2) is 0 Å². The maximum atomic E-state index is 13.1. The van der Waals surface area contributed by atoms with Crippen LogP contribution in [-0.2, 0) is 10.3 Å². The highest BCUT2D eigenvalue weighted by molar-refractivity contribution is 9.10. The lowest BCUT2D eigenvalue weighted by atomic mass is 9.91. The molecule has 0 amide bonds. The maximum Gasteiger partial charge on any atom is 0.328 e. The van der Waals surface area contributed by atoms with E-state index < -0.39 is 17.3 Å². The van der Waals surface area contributed by atoms with Gasteiger partial charge in [0.25, 0.3) is 0 Å². The first-order valence-electron chi connectivity index (χ1n) is 5.24. The molecule has 17 heavy (non-hydrogen) atoms. The van der Waals surface area contributed by atoms with Crippen molar-refractivity contribution >= 4 is 21.9 Å². The maximum absolute atomic E-state index is 13.1. The first-order chi connectivity index (χ1) is 7.77. The van der Waals surface area contributed by atoms with Crippen molar-refractivity contribution in [2.45, 2.75) is 32.4 Å². The molecule has 0 aliphatic carbocycles. The van der Waals surface area contributed by atoms with Crippen molar-refractivity contribution in [3.05, 3.63) is 34.1 Å². The van der Waals surface area contributed by atoms with Crippen LogP contribution >= 0.6 is 15.9 Å². The summed E-state index contributed by atoms with van der Waals surface area (Å²) in [7, 11) is 0. The second-order valence-corrected chi connectivity index (χ2v) is 5.21. The summed E-state index contributed by atoms with van der Waals surface area (Å²) in [4.78, 5) is 11.4. The summed E-state index contributed by atoms with van der Waals surface area (Å²) in [6, 6.07) is 4.21. The van der Waals surface area contributed by atoms with Crippen molar-refractivity contribution in [1.82, 2.24) is 5.32 Å². The number of nitrogens with one attached hydrogen (secondary N) is 1. The third kappa shape index (κ3) is 3.04. The Morgan fingerprint density at radius 3 is 2.53 bits per heavy atom. The van der Waals surface area contributed by atoms with Gasteiger partial charge in [-0.3, -0.25) is 5.32 Å². The lowest BCUT2D eigenvalue weighted by Crippen LogP contribution is -2.49. The van der Waals surface area contributed by atoms with Crippen molar-refractivity contribution in [2.75, 3.05) is 0 Å². The van der Waals surface area contributed by atoms with E-state index in [9.17, 15) is 14.3 Å². The normalized spacial score (nSPS) is 14.7. The van der Waals surface area contributed by atoms with Gasteiger partial charge in [-0.2, -0.15) is 0 Å². The summed E-state index contributed by atoms with van der Waals surface area (Å²) in [5.74, 6) is -1.41. The molecule has 3 nitrogen and oxygen atoms in total. The zero-order valence-corrected chi connectivity index (χ0v) is 11.5. The van der Waals surface area contributed by atoms with Crippen molar-refractivity contribution in [1.29, 1.82) is 0 Å². The summed E-state index contributed by atoms with van der Waals surface area (Å²) in [6.07, 6.45) is 0. The Morgan fingerprint density at radius 2 is 2.12 bits per heavy atom. The third-order valence-corrected chi connectivity index (χ3v) is 3.11. The summed E-state index contributed by atoms with van der Waals surface area (Å²) < 4.78 is 13.4. The third-order valence-electron chi connectivity index (χ3n) is 2.50. The van der Waals surface area contributed by atoms with Gasteiger partial charge in [0.05, 0.1) is 4.47 Å². The number of benzene rings is 1. The highest BCUT2D eigenvalue weighted by atomic mass is 79.9.